The maximum absolute atomic E-state index is 13.5. The van der Waals surface area contributed by atoms with Crippen molar-refractivity contribution in [2.24, 2.45) is 0 Å². The number of carbonyl (C=O) groups is 3. The molecule has 0 aliphatic carbocycles. The van der Waals surface area contributed by atoms with Gasteiger partial charge in [-0.3, -0.25) is 9.59 Å². The van der Waals surface area contributed by atoms with Crippen LogP contribution in [0.1, 0.15) is 12.7 Å². The average Bonchev–Trinajstić information content (AvgIpc) is 3.17. The lowest BCUT2D eigenvalue weighted by atomic mass is 10.1. The number of rotatable bonds is 7. The Balaban J connectivity index is 1.80. The van der Waals surface area contributed by atoms with Crippen LogP contribution in [-0.2, 0) is 33.9 Å². The van der Waals surface area contributed by atoms with Crippen molar-refractivity contribution in [3.8, 4) is 0 Å². The standard InChI is InChI=1S/C27H25N5O8S/c1-16-28-23-13-10-19(31-14-6-5-7-21(26(35)39-3)24(31)27(36)40-4)15-22(23)25(34)32(16)30-41(37,38)20-11-8-18(9-12-20)29-17(2)33/h5-15,30H,1-4H3,(H,29,33). The Morgan fingerprint density at radius 3 is 2.27 bits per heavy atom. The molecule has 0 spiro atoms. The molecule has 3 aromatic rings. The summed E-state index contributed by atoms with van der Waals surface area (Å²) < 4.78 is 36.7. The minimum absolute atomic E-state index is 0.0197. The first-order chi connectivity index (χ1) is 19.5. The molecule has 2 heterocycles. The number of aryl methyl sites for hydroxylation is 1. The Kier molecular flexibility index (Phi) is 8.05. The molecule has 0 saturated carbocycles. The lowest BCUT2D eigenvalue weighted by Crippen LogP contribution is -2.35. The second-order valence-corrected chi connectivity index (χ2v) is 10.3. The predicted octanol–water partition coefficient (Wildman–Crippen LogP) is 2.09. The number of amides is 1. The second-order valence-electron chi connectivity index (χ2n) is 8.62. The second kappa shape index (κ2) is 11.5. The highest BCUT2D eigenvalue weighted by atomic mass is 32.2. The quantitative estimate of drug-likeness (QED) is 0.396. The van der Waals surface area contributed by atoms with E-state index in [0.717, 1.165) is 11.8 Å². The van der Waals surface area contributed by atoms with Gasteiger partial charge in [-0.05, 0) is 61.5 Å². The number of hydrogen-bond acceptors (Lipinski definition) is 10. The van der Waals surface area contributed by atoms with Gasteiger partial charge in [-0.25, -0.2) is 19.4 Å². The summed E-state index contributed by atoms with van der Waals surface area (Å²) in [6, 6.07) is 9.89. The normalized spacial score (nSPS) is 13.1. The number of anilines is 2. The number of hydrogen-bond donors (Lipinski definition) is 2. The molecule has 0 fully saturated rings. The Bertz CT molecular complexity index is 1820. The van der Waals surface area contributed by atoms with Gasteiger partial charge in [0.15, 0.2) is 0 Å². The molecule has 13 nitrogen and oxygen atoms in total. The summed E-state index contributed by atoms with van der Waals surface area (Å²) in [6.45, 7) is 2.78. The highest BCUT2D eigenvalue weighted by Crippen LogP contribution is 2.28. The lowest BCUT2D eigenvalue weighted by Gasteiger charge is -2.23. The topological polar surface area (TPSA) is 166 Å². The number of benzene rings is 2. The molecule has 1 aromatic heterocycles. The Hall–Kier alpha value is -5.24. The monoisotopic (exact) mass is 579 g/mol. The third-order valence-corrected chi connectivity index (χ3v) is 7.20. The van der Waals surface area contributed by atoms with Gasteiger partial charge in [-0.1, -0.05) is 6.08 Å². The number of ether oxygens (including phenoxy) is 2. The van der Waals surface area contributed by atoms with E-state index in [1.165, 1.54) is 80.6 Å². The van der Waals surface area contributed by atoms with Crippen LogP contribution >= 0.6 is 0 Å². The zero-order valence-corrected chi connectivity index (χ0v) is 23.2. The van der Waals surface area contributed by atoms with E-state index in [1.54, 1.807) is 12.1 Å². The summed E-state index contributed by atoms with van der Waals surface area (Å²) in [4.78, 5) is 57.8. The summed E-state index contributed by atoms with van der Waals surface area (Å²) >= 11 is 0. The number of fused-ring (bicyclic) bond motifs is 1. The van der Waals surface area contributed by atoms with E-state index in [1.807, 2.05) is 0 Å². The summed E-state index contributed by atoms with van der Waals surface area (Å²) in [5.74, 6) is -1.87. The number of nitrogens with zero attached hydrogens (tertiary/aromatic N) is 3. The molecule has 0 bridgehead atoms. The van der Waals surface area contributed by atoms with E-state index >= 15 is 0 Å². The van der Waals surface area contributed by atoms with Crippen LogP contribution in [0, 0.1) is 6.92 Å². The number of allylic oxidation sites excluding steroid dienone is 2. The van der Waals surface area contributed by atoms with Crippen molar-refractivity contribution in [3.63, 3.8) is 0 Å². The fourth-order valence-electron chi connectivity index (χ4n) is 4.00. The molecule has 0 saturated heterocycles. The summed E-state index contributed by atoms with van der Waals surface area (Å²) in [7, 11) is -1.91. The molecule has 41 heavy (non-hydrogen) atoms. The highest BCUT2D eigenvalue weighted by Gasteiger charge is 2.28. The van der Waals surface area contributed by atoms with Crippen LogP contribution in [0.4, 0.5) is 11.4 Å². The molecule has 1 amide bonds. The molecule has 4 rings (SSSR count). The van der Waals surface area contributed by atoms with Crippen molar-refractivity contribution in [3.05, 3.63) is 94.3 Å². The first kappa shape index (κ1) is 28.8. The van der Waals surface area contributed by atoms with Gasteiger partial charge in [0.25, 0.3) is 15.6 Å². The van der Waals surface area contributed by atoms with Crippen molar-refractivity contribution >= 4 is 50.1 Å². The minimum Gasteiger partial charge on any atom is -0.465 e. The van der Waals surface area contributed by atoms with Crippen molar-refractivity contribution < 1.29 is 32.3 Å². The van der Waals surface area contributed by atoms with Gasteiger partial charge < -0.3 is 19.7 Å². The average molecular weight is 580 g/mol. The number of methoxy groups -OCH3 is 2. The molecule has 0 unspecified atom stereocenters. The van der Waals surface area contributed by atoms with Crippen LogP contribution in [0.15, 0.2) is 87.9 Å². The van der Waals surface area contributed by atoms with Gasteiger partial charge in [-0.15, -0.1) is 0 Å². The zero-order chi connectivity index (χ0) is 29.9. The Labute approximate surface area is 234 Å². The van der Waals surface area contributed by atoms with Gasteiger partial charge in [-0.2, -0.15) is 13.1 Å². The molecule has 1 aliphatic heterocycles. The van der Waals surface area contributed by atoms with Crippen molar-refractivity contribution in [2.75, 3.05) is 29.3 Å². The van der Waals surface area contributed by atoms with E-state index in [9.17, 15) is 27.6 Å². The van der Waals surface area contributed by atoms with Gasteiger partial charge in [0.05, 0.1) is 35.6 Å². The van der Waals surface area contributed by atoms with Crippen LogP contribution in [0.5, 0.6) is 0 Å². The van der Waals surface area contributed by atoms with E-state index < -0.39 is 27.5 Å². The number of carbonyl (C=O) groups excluding carboxylic acids is 3. The number of nitrogens with one attached hydrogen (secondary N) is 2. The van der Waals surface area contributed by atoms with E-state index in [-0.39, 0.29) is 44.5 Å². The van der Waals surface area contributed by atoms with Crippen molar-refractivity contribution in [2.45, 2.75) is 18.7 Å². The fraction of sp³-hybridized carbons (Fsp3) is 0.148. The zero-order valence-electron chi connectivity index (χ0n) is 22.4. The van der Waals surface area contributed by atoms with E-state index in [2.05, 4.69) is 15.1 Å². The van der Waals surface area contributed by atoms with Gasteiger partial charge in [0.2, 0.25) is 5.91 Å². The van der Waals surface area contributed by atoms with Crippen molar-refractivity contribution in [1.29, 1.82) is 0 Å². The van der Waals surface area contributed by atoms with E-state index in [4.69, 9.17) is 9.47 Å². The van der Waals surface area contributed by atoms with Crippen LogP contribution in [0.25, 0.3) is 10.9 Å². The Morgan fingerprint density at radius 1 is 0.951 bits per heavy atom. The SMILES string of the molecule is COC(=O)C1=C(C(=O)OC)N(c2ccc3nc(C)n(NS(=O)(=O)c4ccc(NC(C)=O)cc4)c(=O)c3c2)C=CC=C1. The first-order valence-electron chi connectivity index (χ1n) is 12.0. The molecular weight excluding hydrogens is 554 g/mol. The van der Waals surface area contributed by atoms with Crippen LogP contribution in [-0.4, -0.2) is 50.1 Å². The van der Waals surface area contributed by atoms with Crippen molar-refractivity contribution in [1.82, 2.24) is 9.66 Å². The van der Waals surface area contributed by atoms with Crippen LogP contribution in [0.3, 0.4) is 0 Å². The molecule has 14 heteroatoms. The third-order valence-electron chi connectivity index (χ3n) is 5.88. The molecular formula is C27H25N5O8S. The van der Waals surface area contributed by atoms with Crippen LogP contribution < -0.4 is 20.6 Å². The molecule has 0 atom stereocenters. The number of aromatic nitrogens is 2. The predicted molar refractivity (Wildman–Crippen MR) is 150 cm³/mol. The third kappa shape index (κ3) is 5.86. The largest absolute Gasteiger partial charge is 0.465 e. The van der Waals surface area contributed by atoms with Gasteiger partial charge >= 0.3 is 11.9 Å². The Morgan fingerprint density at radius 2 is 1.63 bits per heavy atom. The highest BCUT2D eigenvalue weighted by molar-refractivity contribution is 7.92. The number of sulfonamides is 1. The maximum Gasteiger partial charge on any atom is 0.355 e. The summed E-state index contributed by atoms with van der Waals surface area (Å²) in [5, 5.41) is 2.56. The minimum atomic E-state index is -4.24. The van der Waals surface area contributed by atoms with Crippen LogP contribution in [0.2, 0.25) is 0 Å². The smallest absolute Gasteiger partial charge is 0.355 e. The first-order valence-corrected chi connectivity index (χ1v) is 13.4. The molecule has 212 valence electrons. The molecule has 0 radical (unpaired) electrons. The summed E-state index contributed by atoms with van der Waals surface area (Å²) in [5.41, 5.74) is -0.0292. The fourth-order valence-corrected chi connectivity index (χ4v) is 5.06. The van der Waals surface area contributed by atoms with Gasteiger partial charge in [0.1, 0.15) is 11.5 Å². The number of esters is 2. The molecule has 2 aromatic carbocycles. The van der Waals surface area contributed by atoms with Gasteiger partial charge in [0, 0.05) is 24.5 Å². The lowest BCUT2D eigenvalue weighted by molar-refractivity contribution is -0.139. The van der Waals surface area contributed by atoms with E-state index in [0.29, 0.717) is 5.69 Å². The maximum atomic E-state index is 13.5. The molecule has 1 aliphatic rings. The summed E-state index contributed by atoms with van der Waals surface area (Å²) in [6.07, 6.45) is 5.99. The molecule has 2 N–H and O–H groups in total.